The first kappa shape index (κ1) is 10.8. The predicted molar refractivity (Wildman–Crippen MR) is 39.2 cm³/mol. The third kappa shape index (κ3) is 1.98. The number of alkyl halides is 2. The second kappa shape index (κ2) is 3.49. The molecule has 0 aromatic heterocycles. The fraction of sp³-hybridized carbons (Fsp3) is 0.143. The van der Waals surface area contributed by atoms with Gasteiger partial charge in [0.05, 0.1) is 11.5 Å². The van der Waals surface area contributed by atoms with E-state index < -0.39 is 6.29 Å². The van der Waals surface area contributed by atoms with Gasteiger partial charge in [0.2, 0.25) is 0 Å². The maximum atomic E-state index is 12.4. The van der Waals surface area contributed by atoms with E-state index in [1.807, 2.05) is 0 Å². The number of ether oxygens (including phenoxy) is 2. The van der Waals surface area contributed by atoms with Crippen molar-refractivity contribution in [2.45, 2.75) is 6.29 Å². The van der Waals surface area contributed by atoms with Crippen molar-refractivity contribution in [1.82, 2.24) is 0 Å². The number of hydrogen-bond donors (Lipinski definition) is 0. The van der Waals surface area contributed by atoms with Gasteiger partial charge in [0, 0.05) is 0 Å². The van der Waals surface area contributed by atoms with E-state index in [2.05, 4.69) is 31.5 Å². The van der Waals surface area contributed by atoms with Gasteiger partial charge < -0.3 is 9.47 Å². The third-order valence-electron chi connectivity index (χ3n) is 1.31. The van der Waals surface area contributed by atoms with Crippen LogP contribution in [-0.4, -0.2) is 6.29 Å². The van der Waals surface area contributed by atoms with E-state index in [4.69, 9.17) is 0 Å². The summed E-state index contributed by atoms with van der Waals surface area (Å²) >= 11 is 3.04. The molecule has 0 atom stereocenters. The van der Waals surface area contributed by atoms with Gasteiger partial charge >= 0.3 is 25.2 Å². The Balaban J connectivity index is 0.000000845. The molecule has 0 spiro atoms. The van der Waals surface area contributed by atoms with E-state index in [1.165, 1.54) is 6.07 Å². The van der Waals surface area contributed by atoms with Crippen molar-refractivity contribution in [1.29, 1.82) is 0 Å². The van der Waals surface area contributed by atoms with Gasteiger partial charge in [-0.2, -0.15) is 12.1 Å². The fourth-order valence-electron chi connectivity index (χ4n) is 0.870. The maximum absolute atomic E-state index is 12.4. The minimum absolute atomic E-state index is 0. The van der Waals surface area contributed by atoms with Gasteiger partial charge in [-0.25, -0.2) is 0 Å². The Morgan fingerprint density at radius 2 is 2.08 bits per heavy atom. The second-order valence-electron chi connectivity index (χ2n) is 2.15. The van der Waals surface area contributed by atoms with Crippen molar-refractivity contribution in [3.8, 4) is 11.5 Å². The standard InChI is InChI=1S/C7H2BrF2O2.Li/c8-4-2-1-3-5-6(4)12-7(9,10)11-5;/h1-2H;/q-1;+1. The molecule has 64 valence electrons. The number of hydrogen-bond acceptors (Lipinski definition) is 2. The molecule has 0 fully saturated rings. The van der Waals surface area contributed by atoms with Crippen LogP contribution in [0.25, 0.3) is 0 Å². The average molecular weight is 243 g/mol. The van der Waals surface area contributed by atoms with E-state index >= 15 is 0 Å². The molecule has 13 heavy (non-hydrogen) atoms. The summed E-state index contributed by atoms with van der Waals surface area (Å²) in [6.45, 7) is 0. The van der Waals surface area contributed by atoms with Crippen molar-refractivity contribution in [3.63, 3.8) is 0 Å². The minimum atomic E-state index is -3.57. The van der Waals surface area contributed by atoms with Gasteiger partial charge in [-0.15, -0.1) is 14.8 Å². The Bertz CT molecular complexity index is 332. The SMILES string of the molecule is FC1(F)Oc2[c-]ccc(Br)c2O1.[Li+]. The quantitative estimate of drug-likeness (QED) is 0.455. The molecule has 0 amide bonds. The summed E-state index contributed by atoms with van der Waals surface area (Å²) in [6.07, 6.45) is -3.57. The zero-order valence-corrected chi connectivity index (χ0v) is 8.19. The Kier molecular flexibility index (Phi) is 2.91. The Hall–Kier alpha value is -0.243. The molecule has 0 unspecified atom stereocenters. The smallest absolute Gasteiger partial charge is 0.459 e. The summed E-state index contributed by atoms with van der Waals surface area (Å²) in [7, 11) is 0. The van der Waals surface area contributed by atoms with Crippen LogP contribution in [0.1, 0.15) is 0 Å². The molecule has 1 heterocycles. The van der Waals surface area contributed by atoms with Gasteiger partial charge in [-0.3, -0.25) is 0 Å². The summed E-state index contributed by atoms with van der Waals surface area (Å²) in [6, 6.07) is 5.50. The molecule has 0 radical (unpaired) electrons. The molecule has 0 bridgehead atoms. The van der Waals surface area contributed by atoms with Crippen molar-refractivity contribution in [3.05, 3.63) is 22.7 Å². The van der Waals surface area contributed by atoms with E-state index in [0.717, 1.165) is 0 Å². The first-order valence-electron chi connectivity index (χ1n) is 3.04. The molecule has 6 heteroatoms. The summed E-state index contributed by atoms with van der Waals surface area (Å²) in [5, 5.41) is 0. The molecule has 0 N–H and O–H groups in total. The fourth-order valence-corrected chi connectivity index (χ4v) is 1.26. The zero-order chi connectivity index (χ0) is 8.77. The molecule has 0 saturated heterocycles. The molecule has 0 saturated carbocycles. The first-order chi connectivity index (χ1) is 5.58. The molecule has 2 nitrogen and oxygen atoms in total. The minimum Gasteiger partial charge on any atom is -0.459 e. The average Bonchev–Trinajstić information content (AvgIpc) is 2.25. The van der Waals surface area contributed by atoms with Gasteiger partial charge in [0.15, 0.2) is 0 Å². The van der Waals surface area contributed by atoms with E-state index in [9.17, 15) is 8.78 Å². The number of benzene rings is 1. The third-order valence-corrected chi connectivity index (χ3v) is 1.93. The Labute approximate surface area is 93.5 Å². The van der Waals surface area contributed by atoms with Crippen LogP contribution < -0.4 is 28.3 Å². The molecule has 1 aliphatic rings. The maximum Gasteiger partial charge on any atom is 1.00 e. The number of halogens is 3. The number of rotatable bonds is 0. The first-order valence-corrected chi connectivity index (χ1v) is 3.84. The topological polar surface area (TPSA) is 18.5 Å². The van der Waals surface area contributed by atoms with Crippen LogP contribution in [-0.2, 0) is 0 Å². The van der Waals surface area contributed by atoms with Gasteiger partial charge in [-0.05, 0) is 4.47 Å². The predicted octanol–water partition coefficient (Wildman–Crippen LogP) is -0.425. The van der Waals surface area contributed by atoms with Crippen LogP contribution in [0, 0.1) is 6.07 Å². The van der Waals surface area contributed by atoms with E-state index in [1.54, 1.807) is 6.07 Å². The molecule has 1 aliphatic heterocycles. The molecular weight excluding hydrogens is 241 g/mol. The summed E-state index contributed by atoms with van der Waals surface area (Å²) in [4.78, 5) is 0. The molecule has 2 rings (SSSR count). The summed E-state index contributed by atoms with van der Waals surface area (Å²) < 4.78 is 33.6. The zero-order valence-electron chi connectivity index (χ0n) is 6.61. The molecular formula is C7H2BrF2LiO2. The van der Waals surface area contributed by atoms with Crippen LogP contribution in [0.5, 0.6) is 11.5 Å². The van der Waals surface area contributed by atoms with Crippen LogP contribution >= 0.6 is 15.9 Å². The van der Waals surface area contributed by atoms with E-state index in [-0.39, 0.29) is 30.4 Å². The van der Waals surface area contributed by atoms with Crippen molar-refractivity contribution >= 4 is 15.9 Å². The van der Waals surface area contributed by atoms with Gasteiger partial charge in [0.25, 0.3) is 0 Å². The normalized spacial score (nSPS) is 16.5. The van der Waals surface area contributed by atoms with Gasteiger partial charge in [-0.1, -0.05) is 15.9 Å². The Morgan fingerprint density at radius 3 is 2.69 bits per heavy atom. The summed E-state index contributed by atoms with van der Waals surface area (Å²) in [5.41, 5.74) is 0. The summed E-state index contributed by atoms with van der Waals surface area (Å²) in [5.74, 6) is -0.0862. The van der Waals surface area contributed by atoms with Crippen LogP contribution in [0.15, 0.2) is 16.6 Å². The van der Waals surface area contributed by atoms with Crippen molar-refractivity contribution in [2.75, 3.05) is 0 Å². The van der Waals surface area contributed by atoms with Crippen LogP contribution in [0.2, 0.25) is 0 Å². The van der Waals surface area contributed by atoms with Crippen LogP contribution in [0.3, 0.4) is 0 Å². The van der Waals surface area contributed by atoms with E-state index in [0.29, 0.717) is 4.47 Å². The second-order valence-corrected chi connectivity index (χ2v) is 3.01. The Morgan fingerprint density at radius 1 is 1.38 bits per heavy atom. The molecule has 0 aliphatic carbocycles. The van der Waals surface area contributed by atoms with Gasteiger partial charge in [0.1, 0.15) is 0 Å². The van der Waals surface area contributed by atoms with Crippen molar-refractivity contribution in [2.24, 2.45) is 0 Å². The molecule has 1 aromatic carbocycles. The molecule has 1 aromatic rings. The largest absolute Gasteiger partial charge is 1.00 e. The monoisotopic (exact) mass is 242 g/mol. The van der Waals surface area contributed by atoms with Crippen LogP contribution in [0.4, 0.5) is 8.78 Å². The van der Waals surface area contributed by atoms with Crippen molar-refractivity contribution < 1.29 is 37.1 Å². The number of fused-ring (bicyclic) bond motifs is 1.